The summed E-state index contributed by atoms with van der Waals surface area (Å²) in [5.41, 5.74) is 9.12. The number of carbonyl (C=O) groups excluding carboxylic acids is 1. The van der Waals surface area contributed by atoms with Crippen LogP contribution in [0.4, 0.5) is 27.1 Å². The summed E-state index contributed by atoms with van der Waals surface area (Å²) < 4.78 is 14.6. The van der Waals surface area contributed by atoms with Gasteiger partial charge >= 0.3 is 0 Å². The first-order valence-corrected chi connectivity index (χ1v) is 7.26. The van der Waals surface area contributed by atoms with Gasteiger partial charge in [-0.2, -0.15) is 0 Å². The number of anilines is 4. The van der Waals surface area contributed by atoms with Crippen LogP contribution in [0, 0.1) is 5.82 Å². The molecule has 3 rings (SSSR count). The van der Waals surface area contributed by atoms with Crippen LogP contribution in [0.3, 0.4) is 0 Å². The molecular weight excluding hydrogens is 337 g/mol. The normalized spacial score (nSPS) is 13.5. The van der Waals surface area contributed by atoms with Gasteiger partial charge in [0.15, 0.2) is 0 Å². The molecule has 0 spiro atoms. The first-order valence-electron chi connectivity index (χ1n) is 6.47. The summed E-state index contributed by atoms with van der Waals surface area (Å²) in [6.07, 6.45) is 1.12. The summed E-state index contributed by atoms with van der Waals surface area (Å²) >= 11 is 3.30. The molecule has 4 N–H and O–H groups in total. The monoisotopic (exact) mass is 349 g/mol. The third-order valence-corrected chi connectivity index (χ3v) is 3.86. The van der Waals surface area contributed by atoms with Gasteiger partial charge in [-0.3, -0.25) is 4.79 Å². The molecule has 0 aliphatic carbocycles. The molecule has 6 heteroatoms. The van der Waals surface area contributed by atoms with Gasteiger partial charge in [0.25, 0.3) is 0 Å². The molecule has 1 amide bonds. The van der Waals surface area contributed by atoms with Gasteiger partial charge < -0.3 is 16.4 Å². The predicted octanol–water partition coefficient (Wildman–Crippen LogP) is 3.80. The molecule has 0 radical (unpaired) electrons. The van der Waals surface area contributed by atoms with E-state index < -0.39 is 0 Å². The number of hydrogen-bond acceptors (Lipinski definition) is 3. The Morgan fingerprint density at radius 1 is 1.19 bits per heavy atom. The molecule has 21 heavy (non-hydrogen) atoms. The highest BCUT2D eigenvalue weighted by Crippen LogP contribution is 2.33. The van der Waals surface area contributed by atoms with E-state index in [4.69, 9.17) is 5.73 Å². The highest BCUT2D eigenvalue weighted by atomic mass is 79.9. The van der Waals surface area contributed by atoms with Crippen LogP contribution < -0.4 is 16.4 Å². The fourth-order valence-corrected chi connectivity index (χ4v) is 2.66. The van der Waals surface area contributed by atoms with Gasteiger partial charge in [0.05, 0.1) is 17.1 Å². The smallest absolute Gasteiger partial charge is 0.224 e. The lowest BCUT2D eigenvalue weighted by atomic mass is 10.0. The Labute approximate surface area is 129 Å². The molecule has 0 unspecified atom stereocenters. The van der Waals surface area contributed by atoms with E-state index >= 15 is 0 Å². The molecule has 1 aliphatic rings. The zero-order valence-corrected chi connectivity index (χ0v) is 12.6. The van der Waals surface area contributed by atoms with Crippen LogP contribution in [-0.2, 0) is 11.2 Å². The zero-order valence-electron chi connectivity index (χ0n) is 11.0. The second kappa shape index (κ2) is 5.37. The maximum absolute atomic E-state index is 13.8. The number of hydrogen-bond donors (Lipinski definition) is 3. The Morgan fingerprint density at radius 3 is 2.81 bits per heavy atom. The molecule has 0 saturated heterocycles. The molecule has 0 atom stereocenters. The molecular formula is C15H13BrFN3O. The topological polar surface area (TPSA) is 67.2 Å². The maximum Gasteiger partial charge on any atom is 0.224 e. The summed E-state index contributed by atoms with van der Waals surface area (Å²) in [4.78, 5) is 11.5. The van der Waals surface area contributed by atoms with E-state index in [2.05, 4.69) is 26.6 Å². The number of aryl methyl sites for hydroxylation is 1. The first kappa shape index (κ1) is 13.9. The Balaban J connectivity index is 1.97. The molecule has 0 aromatic heterocycles. The van der Waals surface area contributed by atoms with Crippen molar-refractivity contribution in [1.29, 1.82) is 0 Å². The molecule has 0 saturated carbocycles. The molecule has 108 valence electrons. The minimum absolute atomic E-state index is 0.0214. The van der Waals surface area contributed by atoms with E-state index in [1.807, 2.05) is 6.07 Å². The fraction of sp³-hybridized carbons (Fsp3) is 0.133. The summed E-state index contributed by atoms with van der Waals surface area (Å²) in [6.45, 7) is 0. The van der Waals surface area contributed by atoms with E-state index in [1.54, 1.807) is 18.2 Å². The second-order valence-corrected chi connectivity index (χ2v) is 5.81. The summed E-state index contributed by atoms with van der Waals surface area (Å²) in [5, 5.41) is 5.77. The van der Waals surface area contributed by atoms with Crippen molar-refractivity contribution in [2.45, 2.75) is 12.8 Å². The predicted molar refractivity (Wildman–Crippen MR) is 85.2 cm³/mol. The third kappa shape index (κ3) is 2.85. The van der Waals surface area contributed by atoms with Crippen molar-refractivity contribution in [3.05, 3.63) is 46.2 Å². The quantitative estimate of drug-likeness (QED) is 0.722. The van der Waals surface area contributed by atoms with E-state index in [9.17, 15) is 9.18 Å². The molecule has 0 fully saturated rings. The van der Waals surface area contributed by atoms with Crippen LogP contribution in [0.15, 0.2) is 34.8 Å². The van der Waals surface area contributed by atoms with Crippen LogP contribution in [0.1, 0.15) is 12.0 Å². The SMILES string of the molecule is Nc1cc2c(cc1Nc1cc(Br)ccc1F)NC(=O)CC2. The minimum Gasteiger partial charge on any atom is -0.397 e. The van der Waals surface area contributed by atoms with Crippen molar-refractivity contribution in [3.63, 3.8) is 0 Å². The lowest BCUT2D eigenvalue weighted by molar-refractivity contribution is -0.116. The van der Waals surface area contributed by atoms with Crippen molar-refractivity contribution in [2.24, 2.45) is 0 Å². The van der Waals surface area contributed by atoms with Gasteiger partial charge in [0, 0.05) is 16.6 Å². The molecule has 2 aromatic carbocycles. The van der Waals surface area contributed by atoms with Gasteiger partial charge in [-0.1, -0.05) is 15.9 Å². The largest absolute Gasteiger partial charge is 0.397 e. The Hall–Kier alpha value is -2.08. The van der Waals surface area contributed by atoms with Crippen LogP contribution in [0.2, 0.25) is 0 Å². The second-order valence-electron chi connectivity index (χ2n) is 4.89. The Bertz CT molecular complexity index is 733. The summed E-state index contributed by atoms with van der Waals surface area (Å²) in [7, 11) is 0. The van der Waals surface area contributed by atoms with Gasteiger partial charge in [-0.25, -0.2) is 4.39 Å². The average Bonchev–Trinajstić information content (AvgIpc) is 2.44. The number of nitrogens with one attached hydrogen (secondary N) is 2. The van der Waals surface area contributed by atoms with Crippen molar-refractivity contribution in [2.75, 3.05) is 16.4 Å². The number of amides is 1. The number of halogens is 2. The van der Waals surface area contributed by atoms with Gasteiger partial charge in [-0.15, -0.1) is 0 Å². The number of benzene rings is 2. The van der Waals surface area contributed by atoms with Crippen LogP contribution in [0.25, 0.3) is 0 Å². The number of nitrogens with two attached hydrogens (primary N) is 1. The van der Waals surface area contributed by atoms with Crippen LogP contribution in [0.5, 0.6) is 0 Å². The first-order chi connectivity index (χ1) is 10.0. The van der Waals surface area contributed by atoms with E-state index in [0.29, 0.717) is 29.9 Å². The maximum atomic E-state index is 13.8. The minimum atomic E-state index is -0.376. The van der Waals surface area contributed by atoms with Crippen LogP contribution in [-0.4, -0.2) is 5.91 Å². The summed E-state index contributed by atoms with van der Waals surface area (Å²) in [6, 6.07) is 8.17. The highest BCUT2D eigenvalue weighted by molar-refractivity contribution is 9.10. The number of nitrogen functional groups attached to an aromatic ring is 1. The number of fused-ring (bicyclic) bond motifs is 1. The number of rotatable bonds is 2. The Kier molecular flexibility index (Phi) is 3.55. The van der Waals surface area contributed by atoms with E-state index in [-0.39, 0.29) is 11.7 Å². The molecule has 2 aromatic rings. The lowest BCUT2D eigenvalue weighted by Gasteiger charge is -2.20. The Morgan fingerprint density at radius 2 is 2.00 bits per heavy atom. The average molecular weight is 350 g/mol. The fourth-order valence-electron chi connectivity index (χ4n) is 2.29. The molecule has 1 heterocycles. The number of carbonyl (C=O) groups is 1. The van der Waals surface area contributed by atoms with Crippen molar-refractivity contribution < 1.29 is 9.18 Å². The molecule has 1 aliphatic heterocycles. The van der Waals surface area contributed by atoms with Gasteiger partial charge in [0.1, 0.15) is 5.82 Å². The summed E-state index contributed by atoms with van der Waals surface area (Å²) in [5.74, 6) is -0.397. The highest BCUT2D eigenvalue weighted by Gasteiger charge is 2.17. The van der Waals surface area contributed by atoms with Gasteiger partial charge in [0.2, 0.25) is 5.91 Å². The third-order valence-electron chi connectivity index (χ3n) is 3.37. The standard InChI is InChI=1S/C15H13BrFN3O/c16-9-2-3-10(17)13(6-9)19-14-7-12-8(5-11(14)18)1-4-15(21)20-12/h2-3,5-7,19H,1,4,18H2,(H,20,21). The molecule has 4 nitrogen and oxygen atoms in total. The zero-order chi connectivity index (χ0) is 15.0. The van der Waals surface area contributed by atoms with Crippen molar-refractivity contribution in [3.8, 4) is 0 Å². The van der Waals surface area contributed by atoms with Crippen molar-refractivity contribution >= 4 is 44.6 Å². The van der Waals surface area contributed by atoms with E-state index in [0.717, 1.165) is 15.7 Å². The molecule has 0 bridgehead atoms. The van der Waals surface area contributed by atoms with Gasteiger partial charge in [-0.05, 0) is 42.3 Å². The van der Waals surface area contributed by atoms with Crippen LogP contribution >= 0.6 is 15.9 Å². The lowest BCUT2D eigenvalue weighted by Crippen LogP contribution is -2.19. The van der Waals surface area contributed by atoms with E-state index in [1.165, 1.54) is 6.07 Å². The van der Waals surface area contributed by atoms with Crippen molar-refractivity contribution in [1.82, 2.24) is 0 Å².